The first-order valence-electron chi connectivity index (χ1n) is 12.3. The maximum Gasteiger partial charge on any atom is 0.305 e. The molecule has 3 aliphatic heterocycles. The summed E-state index contributed by atoms with van der Waals surface area (Å²) in [5, 5.41) is 11.1. The van der Waals surface area contributed by atoms with Crippen LogP contribution in [0.4, 0.5) is 0 Å². The molecule has 3 fully saturated rings. The second kappa shape index (κ2) is 9.46. The molecule has 2 saturated heterocycles. The number of carbonyl (C=O) groups excluding carboxylic acids is 3. The Morgan fingerprint density at radius 2 is 1.75 bits per heavy atom. The van der Waals surface area contributed by atoms with E-state index < -0.39 is 65.5 Å². The van der Waals surface area contributed by atoms with Crippen molar-refractivity contribution in [3.63, 3.8) is 0 Å². The van der Waals surface area contributed by atoms with Gasteiger partial charge in [0.15, 0.2) is 12.2 Å². The molecule has 1 aliphatic carbocycles. The van der Waals surface area contributed by atoms with E-state index in [-0.39, 0.29) is 12.2 Å². The maximum absolute atomic E-state index is 12.2. The predicted molar refractivity (Wildman–Crippen MR) is 124 cm³/mol. The van der Waals surface area contributed by atoms with Crippen LogP contribution in [0.2, 0.25) is 0 Å². The van der Waals surface area contributed by atoms with Crippen molar-refractivity contribution in [1.82, 2.24) is 0 Å². The fraction of sp³-hybridized carbons (Fsp3) is 0.731. The lowest BCUT2D eigenvalue weighted by Gasteiger charge is -2.42. The molecule has 0 aromatic carbocycles. The van der Waals surface area contributed by atoms with Crippen LogP contribution in [0.3, 0.4) is 0 Å². The first kappa shape index (κ1) is 26.6. The molecule has 36 heavy (non-hydrogen) atoms. The summed E-state index contributed by atoms with van der Waals surface area (Å²) in [6.07, 6.45) is -1.28. The number of esters is 3. The smallest absolute Gasteiger partial charge is 0.305 e. The van der Waals surface area contributed by atoms with E-state index in [1.807, 2.05) is 13.8 Å². The van der Waals surface area contributed by atoms with Gasteiger partial charge in [0.25, 0.3) is 0 Å². The van der Waals surface area contributed by atoms with Crippen LogP contribution in [-0.2, 0) is 42.8 Å². The minimum absolute atomic E-state index is 0.197. The molecule has 0 spiro atoms. The fourth-order valence-electron chi connectivity index (χ4n) is 5.64. The second-order valence-corrected chi connectivity index (χ2v) is 11.0. The van der Waals surface area contributed by atoms with Gasteiger partial charge in [0.1, 0.15) is 12.2 Å². The summed E-state index contributed by atoms with van der Waals surface area (Å²) in [7, 11) is 0. The van der Waals surface area contributed by atoms with Crippen molar-refractivity contribution in [2.24, 2.45) is 11.8 Å². The molecule has 4 aliphatic rings. The third-order valence-corrected chi connectivity index (χ3v) is 7.45. The summed E-state index contributed by atoms with van der Waals surface area (Å²) < 4.78 is 34.4. The molecule has 0 radical (unpaired) electrons. The van der Waals surface area contributed by atoms with Crippen molar-refractivity contribution in [3.05, 3.63) is 24.0 Å². The first-order valence-corrected chi connectivity index (χ1v) is 12.3. The highest BCUT2D eigenvalue weighted by Gasteiger charge is 2.60. The van der Waals surface area contributed by atoms with Crippen molar-refractivity contribution in [3.8, 4) is 0 Å². The summed E-state index contributed by atoms with van der Waals surface area (Å²) in [4.78, 5) is 36.2. The van der Waals surface area contributed by atoms with E-state index in [2.05, 4.69) is 6.58 Å². The van der Waals surface area contributed by atoms with Crippen molar-refractivity contribution in [2.75, 3.05) is 0 Å². The van der Waals surface area contributed by atoms with Gasteiger partial charge in [0, 0.05) is 32.3 Å². The van der Waals surface area contributed by atoms with Gasteiger partial charge >= 0.3 is 17.9 Å². The van der Waals surface area contributed by atoms with Gasteiger partial charge in [-0.25, -0.2) is 0 Å². The van der Waals surface area contributed by atoms with Gasteiger partial charge in [0.05, 0.1) is 29.5 Å². The molecule has 10 nitrogen and oxygen atoms in total. The SMILES string of the molecule is C=C1C[C@H]2O[C@H]2[C@@](C)(O)CC[C@@H]2C([C@@H](OC(C)=O)[C@@H](OC(C)=O)[C@H]3OC3(C)C)=CO[C@H](OC(C)=O)[C@@H]12. The van der Waals surface area contributed by atoms with Crippen LogP contribution in [0.15, 0.2) is 24.0 Å². The molecule has 1 N–H and O–H groups in total. The summed E-state index contributed by atoms with van der Waals surface area (Å²) in [6.45, 7) is 13.6. The molecule has 1 saturated carbocycles. The summed E-state index contributed by atoms with van der Waals surface area (Å²) in [5.41, 5.74) is -0.396. The Balaban J connectivity index is 1.76. The zero-order chi connectivity index (χ0) is 26.6. The molecule has 3 heterocycles. The molecule has 0 bridgehead atoms. The van der Waals surface area contributed by atoms with Crippen molar-refractivity contribution in [1.29, 1.82) is 0 Å². The van der Waals surface area contributed by atoms with E-state index in [1.54, 1.807) is 6.92 Å². The van der Waals surface area contributed by atoms with Crippen LogP contribution in [0.25, 0.3) is 0 Å². The average molecular weight is 509 g/mol. The van der Waals surface area contributed by atoms with Gasteiger partial charge in [-0.3, -0.25) is 14.4 Å². The number of hydrogen-bond donors (Lipinski definition) is 1. The largest absolute Gasteiger partial charge is 0.462 e. The predicted octanol–water partition coefficient (Wildman–Crippen LogP) is 2.32. The molecule has 0 unspecified atom stereocenters. The molecule has 4 rings (SSSR count). The number of rotatable bonds is 6. The molecule has 10 heteroatoms. The lowest BCUT2D eigenvalue weighted by atomic mass is 9.73. The molecule has 0 aromatic rings. The summed E-state index contributed by atoms with van der Waals surface area (Å²) >= 11 is 0. The van der Waals surface area contributed by atoms with E-state index in [9.17, 15) is 19.5 Å². The highest BCUT2D eigenvalue weighted by molar-refractivity contribution is 5.68. The van der Waals surface area contributed by atoms with Gasteiger partial charge in [-0.05, 0) is 40.0 Å². The first-order chi connectivity index (χ1) is 16.7. The quantitative estimate of drug-likeness (QED) is 0.247. The molecule has 0 amide bonds. The van der Waals surface area contributed by atoms with E-state index >= 15 is 0 Å². The topological polar surface area (TPSA) is 133 Å². The number of hydrogen-bond acceptors (Lipinski definition) is 10. The fourth-order valence-corrected chi connectivity index (χ4v) is 5.64. The van der Waals surface area contributed by atoms with E-state index in [1.165, 1.54) is 27.0 Å². The van der Waals surface area contributed by atoms with Crippen LogP contribution in [0, 0.1) is 11.8 Å². The Morgan fingerprint density at radius 3 is 2.31 bits per heavy atom. The molecule has 200 valence electrons. The Kier molecular flexibility index (Phi) is 7.00. The maximum atomic E-state index is 12.2. The van der Waals surface area contributed by atoms with Crippen molar-refractivity contribution < 1.29 is 47.9 Å². The number of aliphatic hydroxyl groups is 1. The molecular weight excluding hydrogens is 472 g/mol. The Labute approximate surface area is 210 Å². The molecule has 9 atom stereocenters. The number of carbonyl (C=O) groups is 3. The minimum atomic E-state index is -1.09. The van der Waals surface area contributed by atoms with Gasteiger partial charge in [-0.15, -0.1) is 0 Å². The van der Waals surface area contributed by atoms with Gasteiger partial charge in [0.2, 0.25) is 6.29 Å². The van der Waals surface area contributed by atoms with E-state index in [4.69, 9.17) is 28.4 Å². The van der Waals surface area contributed by atoms with Crippen LogP contribution >= 0.6 is 0 Å². The van der Waals surface area contributed by atoms with Gasteiger partial charge in [-0.1, -0.05) is 12.2 Å². The van der Waals surface area contributed by atoms with Gasteiger partial charge in [-0.2, -0.15) is 0 Å². The van der Waals surface area contributed by atoms with Crippen molar-refractivity contribution >= 4 is 17.9 Å². The lowest BCUT2D eigenvalue weighted by molar-refractivity contribution is -0.184. The Bertz CT molecular complexity index is 966. The second-order valence-electron chi connectivity index (χ2n) is 11.0. The van der Waals surface area contributed by atoms with Crippen LogP contribution in [0.5, 0.6) is 0 Å². The lowest BCUT2D eigenvalue weighted by Crippen LogP contribution is -2.47. The van der Waals surface area contributed by atoms with E-state index in [0.717, 1.165) is 5.57 Å². The summed E-state index contributed by atoms with van der Waals surface area (Å²) in [5.74, 6) is -2.54. The zero-order valence-electron chi connectivity index (χ0n) is 21.6. The standard InChI is InChI=1S/C26H36O10/c1-12-10-18-22(35-18)26(7,30)9-8-16-17(11-31-24(19(12)16)34-15(4)29)20(32-13(2)27)21(33-14(3)28)23-25(5,6)36-23/h11,16,18-24,30H,1,8-10H2,2-7H3/t16-,18-,19+,20-,21-,22-,23-,24-,26+/m1/s1. The van der Waals surface area contributed by atoms with Crippen LogP contribution in [-0.4, -0.2) is 71.0 Å². The molecule has 0 aromatic heterocycles. The van der Waals surface area contributed by atoms with Crippen LogP contribution in [0.1, 0.15) is 60.8 Å². The highest BCUT2D eigenvalue weighted by atomic mass is 16.7. The minimum Gasteiger partial charge on any atom is -0.462 e. The molecular formula is C26H36O10. The average Bonchev–Trinajstić information content (AvgIpc) is 3.64. The number of fused-ring (bicyclic) bond motifs is 2. The highest BCUT2D eigenvalue weighted by Crippen LogP contribution is 2.50. The van der Waals surface area contributed by atoms with Crippen molar-refractivity contribution in [2.45, 2.75) is 109 Å². The van der Waals surface area contributed by atoms with E-state index in [0.29, 0.717) is 24.8 Å². The summed E-state index contributed by atoms with van der Waals surface area (Å²) in [6, 6.07) is 0. The Hall–Kier alpha value is -2.43. The normalized spacial score (nSPS) is 38.2. The number of epoxide rings is 2. The third kappa shape index (κ3) is 5.45. The van der Waals surface area contributed by atoms with Crippen LogP contribution < -0.4 is 0 Å². The Morgan fingerprint density at radius 1 is 1.11 bits per heavy atom. The monoisotopic (exact) mass is 508 g/mol. The van der Waals surface area contributed by atoms with Gasteiger partial charge < -0.3 is 33.5 Å². The third-order valence-electron chi connectivity index (χ3n) is 7.45. The zero-order valence-corrected chi connectivity index (χ0v) is 21.6. The number of ether oxygens (including phenoxy) is 6.